The zero-order valence-electron chi connectivity index (χ0n) is 24.9. The van der Waals surface area contributed by atoms with E-state index < -0.39 is 30.5 Å². The van der Waals surface area contributed by atoms with Gasteiger partial charge in [-0.2, -0.15) is 10.3 Å². The number of rotatable bonds is 3. The first-order valence-corrected chi connectivity index (χ1v) is 12.0. The summed E-state index contributed by atoms with van der Waals surface area (Å²) < 4.78 is 78.1. The lowest BCUT2D eigenvalue weighted by atomic mass is 10.3. The lowest BCUT2D eigenvalue weighted by Gasteiger charge is -2.10. The average molecular weight is 701 g/mol. The van der Waals surface area contributed by atoms with Gasteiger partial charge in [-0.3, -0.25) is 10.6 Å². The Morgan fingerprint density at radius 3 is 1.51 bits per heavy atom. The van der Waals surface area contributed by atoms with Gasteiger partial charge in [0.2, 0.25) is 24.1 Å². The number of hydrogen-bond donors (Lipinski definition) is 6. The fourth-order valence-corrected chi connectivity index (χ4v) is 2.23. The second kappa shape index (κ2) is 20.2. The van der Waals surface area contributed by atoms with E-state index in [1.54, 1.807) is 14.1 Å². The molecule has 4 amide bonds. The minimum Gasteiger partial charge on any atom is -0.406 e. The van der Waals surface area contributed by atoms with Gasteiger partial charge in [-0.1, -0.05) is 0 Å². The molecule has 260 valence electrons. The van der Waals surface area contributed by atoms with Gasteiger partial charge in [0.15, 0.2) is 0 Å². The van der Waals surface area contributed by atoms with Gasteiger partial charge in [-0.15, -0.1) is 43.7 Å². The number of nitrogens with two attached hydrogens (primary N) is 4. The summed E-state index contributed by atoms with van der Waals surface area (Å²) in [5.74, 6) is -1.42. The molecule has 0 fully saturated rings. The Balaban J connectivity index is 0. The topological polar surface area (TPSA) is 248 Å². The maximum absolute atomic E-state index is 12.0. The number of amides is 4. The summed E-state index contributed by atoms with van der Waals surface area (Å²) in [5, 5.41) is 12.4. The highest BCUT2D eigenvalue weighted by Gasteiger charge is 2.31. The van der Waals surface area contributed by atoms with Gasteiger partial charge in [0.25, 0.3) is 0 Å². The molecule has 0 aliphatic carbocycles. The third-order valence-electron chi connectivity index (χ3n) is 4.12. The van der Waals surface area contributed by atoms with Gasteiger partial charge in [0.1, 0.15) is 11.5 Å². The molecule has 10 N–H and O–H groups in total. The summed E-state index contributed by atoms with van der Waals surface area (Å²) in [6.07, 6.45) is -7.97. The minimum atomic E-state index is -4.77. The molecule has 0 bridgehead atoms. The van der Waals surface area contributed by atoms with Crippen LogP contribution in [0, 0.1) is 11.5 Å². The van der Waals surface area contributed by atoms with Crippen molar-refractivity contribution in [2.75, 3.05) is 33.9 Å². The summed E-state index contributed by atoms with van der Waals surface area (Å²) >= 11 is 0. The van der Waals surface area contributed by atoms with Gasteiger partial charge in [-0.25, -0.2) is 14.6 Å². The average Bonchev–Trinajstić information content (AvgIpc) is 2.90. The molecule has 0 aliphatic heterocycles. The molecule has 23 heteroatoms. The number of nitrogens with one attached hydrogen (secondary N) is 2. The van der Waals surface area contributed by atoms with Crippen LogP contribution in [0.2, 0.25) is 0 Å². The predicted octanol–water partition coefficient (Wildman–Crippen LogP) is 2.76. The Labute approximate surface area is 270 Å². The number of halogens is 7. The number of carbonyl (C=O) groups excluding carboxylic acids is 2. The summed E-state index contributed by atoms with van der Waals surface area (Å²) in [5.41, 5.74) is 21.9. The van der Waals surface area contributed by atoms with Crippen molar-refractivity contribution in [3.8, 4) is 17.7 Å². The van der Waals surface area contributed by atoms with E-state index in [9.17, 15) is 35.9 Å². The number of nitrogen functional groups attached to an aromatic ring is 1. The Hall–Kier alpha value is -5.85. The number of nitrogens with zero attached hydrogens (tertiary/aromatic N) is 6. The molecule has 0 saturated heterocycles. The van der Waals surface area contributed by atoms with Crippen LogP contribution < -0.4 is 43.0 Å². The highest BCUT2D eigenvalue weighted by Crippen LogP contribution is 2.25. The quantitative estimate of drug-likeness (QED) is 0.0904. The molecule has 2 aromatic rings. The number of urea groups is 2. The van der Waals surface area contributed by atoms with Crippen molar-refractivity contribution in [2.24, 2.45) is 32.2 Å². The molecule has 2 rings (SSSR count). The monoisotopic (exact) mass is 700 g/mol. The summed E-state index contributed by atoms with van der Waals surface area (Å²) in [7, 11) is 6.11. The highest BCUT2D eigenvalue weighted by molar-refractivity contribution is 6.01. The SMILES string of the molecule is CN(C)C(=O)NC(N)=NC#N.CN(C)C(=O)NC(N)=NC(N)=Nc1ccc(OC(F)(F)F)cc1.Cl.Nc1ccc(OC(F)(F)F)cc1. The van der Waals surface area contributed by atoms with Crippen LogP contribution >= 0.6 is 12.4 Å². The number of ether oxygens (including phenoxy) is 2. The first-order valence-electron chi connectivity index (χ1n) is 12.0. The van der Waals surface area contributed by atoms with Crippen molar-refractivity contribution in [3.05, 3.63) is 48.5 Å². The van der Waals surface area contributed by atoms with Gasteiger partial charge in [-0.05, 0) is 48.5 Å². The standard InChI is InChI=1S/C12H15F3N6O2.C7H6F3NO.C5H9N5O.ClH/c1-21(2)11(22)20-10(17)19-9(16)18-7-3-5-8(6-4-7)23-12(13,14)15;8-7(9,10)12-6-3-1-5(11)2-4-6;1-10(2)5(11)9-4(7)8-3-6;/h3-6H,1-2H3,(H5,16,17,18,19,20,22);1-4H,11H2;1-2H3,(H3,7,8,9,11);1H. The zero-order valence-corrected chi connectivity index (χ0v) is 25.7. The predicted molar refractivity (Wildman–Crippen MR) is 162 cm³/mol. The van der Waals surface area contributed by atoms with Crippen LogP contribution in [-0.2, 0) is 0 Å². The first-order chi connectivity index (χ1) is 21.1. The van der Waals surface area contributed by atoms with Crippen LogP contribution in [0.1, 0.15) is 0 Å². The van der Waals surface area contributed by atoms with E-state index in [1.807, 2.05) is 0 Å². The maximum Gasteiger partial charge on any atom is 0.573 e. The Morgan fingerprint density at radius 2 is 1.15 bits per heavy atom. The van der Waals surface area contributed by atoms with E-state index in [0.29, 0.717) is 5.69 Å². The molecule has 0 heterocycles. The van der Waals surface area contributed by atoms with Gasteiger partial charge >= 0.3 is 24.8 Å². The maximum atomic E-state index is 12.0. The third-order valence-corrected chi connectivity index (χ3v) is 4.12. The number of aliphatic imine (C=N–C) groups is 3. The molecule has 0 unspecified atom stereocenters. The number of hydrogen-bond acceptors (Lipinski definition) is 8. The molecule has 0 radical (unpaired) electrons. The number of anilines is 1. The number of guanidine groups is 3. The van der Waals surface area contributed by atoms with E-state index in [1.165, 1.54) is 54.4 Å². The zero-order chi connectivity index (χ0) is 35.7. The molecular formula is C24H31ClF6N12O4. The van der Waals surface area contributed by atoms with E-state index >= 15 is 0 Å². The third kappa shape index (κ3) is 22.3. The molecule has 0 aliphatic rings. The van der Waals surface area contributed by atoms with Crippen molar-refractivity contribution in [1.29, 1.82) is 5.26 Å². The second-order valence-corrected chi connectivity index (χ2v) is 8.37. The Bertz CT molecular complexity index is 1410. The van der Waals surface area contributed by atoms with E-state index in [0.717, 1.165) is 24.3 Å². The molecule has 47 heavy (non-hydrogen) atoms. The molecule has 0 spiro atoms. The molecule has 0 aromatic heterocycles. The van der Waals surface area contributed by atoms with Crippen molar-refractivity contribution in [2.45, 2.75) is 12.7 Å². The van der Waals surface area contributed by atoms with Crippen LogP contribution in [-0.4, -0.2) is 80.7 Å². The summed E-state index contributed by atoms with van der Waals surface area (Å²) in [4.78, 5) is 35.1. The van der Waals surface area contributed by atoms with Gasteiger partial charge < -0.3 is 42.2 Å². The van der Waals surface area contributed by atoms with Gasteiger partial charge in [0, 0.05) is 33.9 Å². The molecule has 0 saturated carbocycles. The van der Waals surface area contributed by atoms with Crippen molar-refractivity contribution < 1.29 is 45.4 Å². The normalized spacial score (nSPS) is 11.5. The molecule has 16 nitrogen and oxygen atoms in total. The smallest absolute Gasteiger partial charge is 0.406 e. The van der Waals surface area contributed by atoms with E-state index in [2.05, 4.69) is 35.1 Å². The van der Waals surface area contributed by atoms with Gasteiger partial charge in [0.05, 0.1) is 5.69 Å². The van der Waals surface area contributed by atoms with Crippen LogP contribution in [0.5, 0.6) is 11.5 Å². The van der Waals surface area contributed by atoms with Crippen molar-refractivity contribution in [3.63, 3.8) is 0 Å². The highest BCUT2D eigenvalue weighted by atomic mass is 35.5. The Morgan fingerprint density at radius 1 is 0.766 bits per heavy atom. The summed E-state index contributed by atoms with van der Waals surface area (Å²) in [6.45, 7) is 0. The fraction of sp³-hybridized carbons (Fsp3) is 0.250. The lowest BCUT2D eigenvalue weighted by Crippen LogP contribution is -2.43. The number of carbonyl (C=O) groups is 2. The first kappa shape index (κ1) is 43.3. The van der Waals surface area contributed by atoms with Crippen molar-refractivity contribution >= 4 is 53.7 Å². The van der Waals surface area contributed by atoms with Crippen molar-refractivity contribution in [1.82, 2.24) is 20.4 Å². The molecular weight excluding hydrogens is 670 g/mol. The van der Waals surface area contributed by atoms with Crippen LogP contribution in [0.15, 0.2) is 63.5 Å². The lowest BCUT2D eigenvalue weighted by molar-refractivity contribution is -0.275. The summed E-state index contributed by atoms with van der Waals surface area (Å²) in [6, 6.07) is 8.69. The minimum absolute atomic E-state index is 0. The second-order valence-electron chi connectivity index (χ2n) is 8.37. The largest absolute Gasteiger partial charge is 0.573 e. The molecule has 0 atom stereocenters. The van der Waals surface area contributed by atoms with Crippen LogP contribution in [0.3, 0.4) is 0 Å². The Kier molecular flexibility index (Phi) is 18.6. The van der Waals surface area contributed by atoms with E-state index in [-0.39, 0.29) is 41.7 Å². The number of nitriles is 1. The molecule has 2 aromatic carbocycles. The van der Waals surface area contributed by atoms with Crippen LogP contribution in [0.25, 0.3) is 0 Å². The number of benzene rings is 2. The van der Waals surface area contributed by atoms with E-state index in [4.69, 9.17) is 28.2 Å². The number of alkyl halides is 6. The van der Waals surface area contributed by atoms with Crippen LogP contribution in [0.4, 0.5) is 47.3 Å². The fourth-order valence-electron chi connectivity index (χ4n) is 2.23.